The first kappa shape index (κ1) is 14.8. The highest BCUT2D eigenvalue weighted by molar-refractivity contribution is 6.06. The fourth-order valence-corrected chi connectivity index (χ4v) is 3.12. The molecule has 1 atom stereocenters. The molecule has 3 aromatic rings. The lowest BCUT2D eigenvalue weighted by atomic mass is 10.1. The first-order valence-corrected chi connectivity index (χ1v) is 7.98. The number of nitrogens with one attached hydrogen (secondary N) is 1. The van der Waals surface area contributed by atoms with E-state index in [1.807, 2.05) is 42.2 Å². The normalized spacial score (nSPS) is 18.0. The highest BCUT2D eigenvalue weighted by Gasteiger charge is 2.31. The molecule has 0 spiro atoms. The maximum absolute atomic E-state index is 13.2. The van der Waals surface area contributed by atoms with Crippen molar-refractivity contribution in [3.8, 4) is 0 Å². The van der Waals surface area contributed by atoms with Crippen LogP contribution in [-0.4, -0.2) is 45.5 Å². The molecule has 0 saturated carbocycles. The molecular weight excluding hydrogens is 304 g/mol. The number of benzene rings is 1. The molecule has 1 aliphatic rings. The van der Waals surface area contributed by atoms with Gasteiger partial charge in [0.15, 0.2) is 0 Å². The smallest absolute Gasteiger partial charge is 0.255 e. The lowest BCUT2D eigenvalue weighted by Crippen LogP contribution is -2.44. The number of morpholine rings is 1. The second-order valence-corrected chi connectivity index (χ2v) is 5.92. The Morgan fingerprint density at radius 2 is 2.21 bits per heavy atom. The summed E-state index contributed by atoms with van der Waals surface area (Å²) in [5.41, 5.74) is 2.45. The molecule has 24 heavy (non-hydrogen) atoms. The van der Waals surface area contributed by atoms with E-state index in [0.717, 1.165) is 22.4 Å². The molecule has 0 radical (unpaired) electrons. The number of aryl methyl sites for hydroxylation is 1. The van der Waals surface area contributed by atoms with Gasteiger partial charge in [-0.2, -0.15) is 0 Å². The number of hydrogen-bond acceptors (Lipinski definition) is 4. The van der Waals surface area contributed by atoms with E-state index < -0.39 is 0 Å². The lowest BCUT2D eigenvalue weighted by molar-refractivity contribution is -0.00490. The van der Waals surface area contributed by atoms with Crippen LogP contribution in [0.15, 0.2) is 42.7 Å². The topological polar surface area (TPSA) is 71.1 Å². The summed E-state index contributed by atoms with van der Waals surface area (Å²) in [5.74, 6) is 0.745. The minimum Gasteiger partial charge on any atom is -0.377 e. The summed E-state index contributed by atoms with van der Waals surface area (Å²) in [6, 6.07) is 9.22. The summed E-state index contributed by atoms with van der Waals surface area (Å²) in [6.07, 6.45) is 3.51. The fourth-order valence-electron chi connectivity index (χ4n) is 3.12. The molecule has 1 amide bonds. The van der Waals surface area contributed by atoms with Crippen LogP contribution in [0.1, 0.15) is 27.9 Å². The number of aromatic nitrogens is 3. The number of pyridine rings is 1. The molecular formula is C18H18N4O2. The van der Waals surface area contributed by atoms with Crippen LogP contribution in [0.4, 0.5) is 0 Å². The number of rotatable bonds is 2. The monoisotopic (exact) mass is 322 g/mol. The van der Waals surface area contributed by atoms with Gasteiger partial charge in [-0.15, -0.1) is 0 Å². The van der Waals surface area contributed by atoms with Gasteiger partial charge in [-0.05, 0) is 25.1 Å². The van der Waals surface area contributed by atoms with Gasteiger partial charge in [0.2, 0.25) is 0 Å². The Balaban J connectivity index is 1.73. The first-order chi connectivity index (χ1) is 11.7. The average Bonchev–Trinajstić information content (AvgIpc) is 3.07. The minimum atomic E-state index is -0.202. The molecule has 0 bridgehead atoms. The van der Waals surface area contributed by atoms with Gasteiger partial charge >= 0.3 is 0 Å². The number of imidazole rings is 1. The number of nitrogens with zero attached hydrogens (tertiary/aromatic N) is 3. The number of ether oxygens (including phenoxy) is 1. The fraction of sp³-hybridized carbons (Fsp3) is 0.278. The maximum atomic E-state index is 13.2. The van der Waals surface area contributed by atoms with E-state index in [4.69, 9.17) is 4.74 Å². The van der Waals surface area contributed by atoms with Crippen molar-refractivity contribution in [2.45, 2.75) is 13.0 Å². The highest BCUT2D eigenvalue weighted by atomic mass is 16.5. The second kappa shape index (κ2) is 6.05. The Labute approximate surface area is 139 Å². The summed E-state index contributed by atoms with van der Waals surface area (Å²) < 4.78 is 5.58. The van der Waals surface area contributed by atoms with Crippen LogP contribution in [0.3, 0.4) is 0 Å². The molecule has 1 aromatic carbocycles. The van der Waals surface area contributed by atoms with Gasteiger partial charge < -0.3 is 14.6 Å². The van der Waals surface area contributed by atoms with E-state index >= 15 is 0 Å². The first-order valence-electron chi connectivity index (χ1n) is 7.98. The van der Waals surface area contributed by atoms with Gasteiger partial charge in [-0.1, -0.05) is 12.1 Å². The molecule has 0 aliphatic carbocycles. The van der Waals surface area contributed by atoms with Crippen LogP contribution >= 0.6 is 0 Å². The van der Waals surface area contributed by atoms with Gasteiger partial charge in [-0.25, -0.2) is 4.98 Å². The van der Waals surface area contributed by atoms with Crippen molar-refractivity contribution in [2.75, 3.05) is 19.8 Å². The van der Waals surface area contributed by atoms with Gasteiger partial charge in [0.25, 0.3) is 5.91 Å². The Bertz CT molecular complexity index is 884. The number of carbonyl (C=O) groups is 1. The largest absolute Gasteiger partial charge is 0.377 e. The lowest BCUT2D eigenvalue weighted by Gasteiger charge is -2.34. The standard InChI is InChI=1S/C18H18N4O2/c1-12-10-20-17(21-12)16-11-24-9-8-22(16)18(23)14-4-2-6-15-13(14)5-3-7-19-15/h2-7,10,16H,8-9,11H2,1H3,(H,20,21)/t16-/m1/s1. The Kier molecular flexibility index (Phi) is 3.74. The molecule has 122 valence electrons. The van der Waals surface area contributed by atoms with E-state index in [-0.39, 0.29) is 11.9 Å². The maximum Gasteiger partial charge on any atom is 0.255 e. The summed E-state index contributed by atoms with van der Waals surface area (Å²) >= 11 is 0. The number of carbonyl (C=O) groups excluding carboxylic acids is 1. The zero-order valence-electron chi connectivity index (χ0n) is 13.4. The van der Waals surface area contributed by atoms with Gasteiger partial charge in [0.05, 0.1) is 18.7 Å². The average molecular weight is 322 g/mol. The van der Waals surface area contributed by atoms with Crippen LogP contribution in [0.5, 0.6) is 0 Å². The number of H-pyrrole nitrogens is 1. The number of hydrogen-bond donors (Lipinski definition) is 1. The van der Waals surface area contributed by atoms with Gasteiger partial charge in [0, 0.05) is 35.6 Å². The van der Waals surface area contributed by atoms with Crippen LogP contribution in [0.25, 0.3) is 10.9 Å². The molecule has 1 aliphatic heterocycles. The molecule has 1 fully saturated rings. The van der Waals surface area contributed by atoms with Crippen molar-refractivity contribution in [3.63, 3.8) is 0 Å². The van der Waals surface area contributed by atoms with Crippen molar-refractivity contribution < 1.29 is 9.53 Å². The molecule has 1 N–H and O–H groups in total. The third-order valence-electron chi connectivity index (χ3n) is 4.30. The summed E-state index contributed by atoms with van der Waals surface area (Å²) in [7, 11) is 0. The molecule has 2 aromatic heterocycles. The summed E-state index contributed by atoms with van der Waals surface area (Å²) in [4.78, 5) is 27.0. The van der Waals surface area contributed by atoms with Crippen molar-refractivity contribution in [1.29, 1.82) is 0 Å². The third kappa shape index (κ3) is 2.55. The predicted molar refractivity (Wildman–Crippen MR) is 89.7 cm³/mol. The third-order valence-corrected chi connectivity index (χ3v) is 4.30. The van der Waals surface area contributed by atoms with E-state index in [1.165, 1.54) is 0 Å². The van der Waals surface area contributed by atoms with Crippen molar-refractivity contribution in [3.05, 3.63) is 59.8 Å². The van der Waals surface area contributed by atoms with Crippen molar-refractivity contribution >= 4 is 16.8 Å². The van der Waals surface area contributed by atoms with E-state index in [0.29, 0.717) is 25.3 Å². The Morgan fingerprint density at radius 1 is 1.29 bits per heavy atom. The Morgan fingerprint density at radius 3 is 3.04 bits per heavy atom. The molecule has 6 heteroatoms. The van der Waals surface area contributed by atoms with E-state index in [9.17, 15) is 4.79 Å². The zero-order chi connectivity index (χ0) is 16.5. The number of amides is 1. The molecule has 6 nitrogen and oxygen atoms in total. The van der Waals surface area contributed by atoms with Crippen molar-refractivity contribution in [1.82, 2.24) is 19.9 Å². The highest BCUT2D eigenvalue weighted by Crippen LogP contribution is 2.26. The summed E-state index contributed by atoms with van der Waals surface area (Å²) in [6.45, 7) is 3.47. The van der Waals surface area contributed by atoms with E-state index in [2.05, 4.69) is 15.0 Å². The van der Waals surface area contributed by atoms with Crippen LogP contribution in [-0.2, 0) is 4.74 Å². The quantitative estimate of drug-likeness (QED) is 0.787. The van der Waals surface area contributed by atoms with Crippen LogP contribution in [0, 0.1) is 6.92 Å². The van der Waals surface area contributed by atoms with Crippen LogP contribution in [0.2, 0.25) is 0 Å². The molecule has 0 unspecified atom stereocenters. The minimum absolute atomic E-state index is 0.0176. The molecule has 3 heterocycles. The Hall–Kier alpha value is -2.73. The second-order valence-electron chi connectivity index (χ2n) is 5.92. The number of aromatic amines is 1. The molecule has 4 rings (SSSR count). The van der Waals surface area contributed by atoms with Crippen LogP contribution < -0.4 is 0 Å². The zero-order valence-corrected chi connectivity index (χ0v) is 13.4. The van der Waals surface area contributed by atoms with Gasteiger partial charge in [0.1, 0.15) is 11.9 Å². The van der Waals surface area contributed by atoms with Crippen molar-refractivity contribution in [2.24, 2.45) is 0 Å². The predicted octanol–water partition coefficient (Wildman–Crippen LogP) is 2.48. The van der Waals surface area contributed by atoms with E-state index in [1.54, 1.807) is 12.4 Å². The molecule has 1 saturated heterocycles. The van der Waals surface area contributed by atoms with Gasteiger partial charge in [-0.3, -0.25) is 9.78 Å². The number of fused-ring (bicyclic) bond motifs is 1. The SMILES string of the molecule is Cc1cnc([C@H]2COCCN2C(=O)c2cccc3ncccc23)[nH]1. The summed E-state index contributed by atoms with van der Waals surface area (Å²) in [5, 5.41) is 0.867.